The van der Waals surface area contributed by atoms with Crippen molar-refractivity contribution < 1.29 is 28.6 Å². The minimum absolute atomic E-state index is 0.0101. The molecule has 226 valence electrons. The zero-order chi connectivity index (χ0) is 30.8. The Hall–Kier alpha value is -4.22. The van der Waals surface area contributed by atoms with Crippen LogP contribution < -0.4 is 14.4 Å². The van der Waals surface area contributed by atoms with E-state index in [9.17, 15) is 19.1 Å². The first kappa shape index (κ1) is 29.8. The standard InChI is InChI=1S/C33H30FN3O5S2/c1-3-4-14-41-25-7-5-6-21(17-25)28-27(29(38)22-10-13-26-23(16-22)15-19(2)42-26)30(39)31(40)37(28)32-35-36-33(44-32)43-18-20-8-11-24(34)12-9-20/h5-13,16-17,19,28,38H,3-4,14-15,18H2,1-2H3/t19-,28-/m0/s1. The van der Waals surface area contributed by atoms with Gasteiger partial charge in [0.15, 0.2) is 4.34 Å². The lowest BCUT2D eigenvalue weighted by molar-refractivity contribution is -0.132. The molecule has 2 aliphatic rings. The maximum absolute atomic E-state index is 13.7. The number of benzene rings is 3. The lowest BCUT2D eigenvalue weighted by Crippen LogP contribution is -2.29. The molecule has 1 amide bonds. The molecular formula is C33H30FN3O5S2. The minimum atomic E-state index is -0.962. The highest BCUT2D eigenvalue weighted by molar-refractivity contribution is 8.00. The lowest BCUT2D eigenvalue weighted by Gasteiger charge is -2.23. The predicted molar refractivity (Wildman–Crippen MR) is 168 cm³/mol. The lowest BCUT2D eigenvalue weighted by atomic mass is 9.94. The van der Waals surface area contributed by atoms with E-state index in [0.717, 1.165) is 29.7 Å². The molecule has 4 aromatic rings. The molecule has 1 aromatic heterocycles. The van der Waals surface area contributed by atoms with Gasteiger partial charge in [0.25, 0.3) is 5.78 Å². The number of carbonyl (C=O) groups excluding carboxylic acids is 2. The molecule has 0 bridgehead atoms. The second-order valence-electron chi connectivity index (χ2n) is 10.7. The van der Waals surface area contributed by atoms with Gasteiger partial charge in [-0.15, -0.1) is 10.2 Å². The Morgan fingerprint density at radius 2 is 1.95 bits per heavy atom. The topological polar surface area (TPSA) is 102 Å². The Balaban J connectivity index is 1.38. The van der Waals surface area contributed by atoms with Crippen LogP contribution in [0, 0.1) is 5.82 Å². The van der Waals surface area contributed by atoms with Gasteiger partial charge in [-0.2, -0.15) is 0 Å². The van der Waals surface area contributed by atoms with Crippen LogP contribution in [-0.2, 0) is 21.8 Å². The molecule has 6 rings (SSSR count). The van der Waals surface area contributed by atoms with E-state index in [4.69, 9.17) is 9.47 Å². The van der Waals surface area contributed by atoms with E-state index in [1.54, 1.807) is 48.5 Å². The first-order chi connectivity index (χ1) is 21.3. The van der Waals surface area contributed by atoms with Gasteiger partial charge in [0.2, 0.25) is 5.13 Å². The number of thioether (sulfide) groups is 1. The summed E-state index contributed by atoms with van der Waals surface area (Å²) in [7, 11) is 0. The molecule has 0 aliphatic carbocycles. The molecule has 0 spiro atoms. The van der Waals surface area contributed by atoms with Gasteiger partial charge in [0.05, 0.1) is 18.2 Å². The van der Waals surface area contributed by atoms with Crippen LogP contribution in [0.15, 0.2) is 76.6 Å². The summed E-state index contributed by atoms with van der Waals surface area (Å²) in [6, 6.07) is 17.7. The van der Waals surface area contributed by atoms with Crippen molar-refractivity contribution in [1.29, 1.82) is 0 Å². The number of rotatable bonds is 10. The zero-order valence-corrected chi connectivity index (χ0v) is 25.8. The van der Waals surface area contributed by atoms with Crippen LogP contribution in [0.4, 0.5) is 9.52 Å². The largest absolute Gasteiger partial charge is 0.507 e. The molecule has 1 saturated heterocycles. The first-order valence-corrected chi connectivity index (χ1v) is 16.2. The van der Waals surface area contributed by atoms with Gasteiger partial charge >= 0.3 is 5.91 Å². The summed E-state index contributed by atoms with van der Waals surface area (Å²) in [6.07, 6.45) is 2.54. The number of amides is 1. The molecule has 1 fully saturated rings. The highest BCUT2D eigenvalue weighted by Gasteiger charge is 2.48. The maximum atomic E-state index is 13.7. The number of Topliss-reactive ketones (excluding diaryl/α,β-unsaturated/α-hetero) is 1. The van der Waals surface area contributed by atoms with Crippen molar-refractivity contribution >= 4 is 45.7 Å². The predicted octanol–water partition coefficient (Wildman–Crippen LogP) is 7.10. The molecule has 44 heavy (non-hydrogen) atoms. The smallest absolute Gasteiger partial charge is 0.301 e. The first-order valence-electron chi connectivity index (χ1n) is 14.4. The van der Waals surface area contributed by atoms with Crippen LogP contribution in [-0.4, -0.2) is 39.7 Å². The number of fused-ring (bicyclic) bond motifs is 1. The van der Waals surface area contributed by atoms with Gasteiger partial charge in [-0.05, 0) is 72.5 Å². The van der Waals surface area contributed by atoms with Crippen molar-refractivity contribution in [2.24, 2.45) is 0 Å². The Bertz CT molecular complexity index is 1740. The minimum Gasteiger partial charge on any atom is -0.507 e. The Morgan fingerprint density at radius 3 is 2.75 bits per heavy atom. The number of aliphatic hydroxyl groups is 1. The maximum Gasteiger partial charge on any atom is 0.301 e. The summed E-state index contributed by atoms with van der Waals surface area (Å²) in [6.45, 7) is 4.57. The van der Waals surface area contributed by atoms with Gasteiger partial charge in [-0.3, -0.25) is 14.5 Å². The van der Waals surface area contributed by atoms with Crippen molar-refractivity contribution in [1.82, 2.24) is 10.2 Å². The summed E-state index contributed by atoms with van der Waals surface area (Å²) in [5.74, 6) is -0.347. The number of aliphatic hydroxyl groups excluding tert-OH is 1. The molecule has 1 N–H and O–H groups in total. The van der Waals surface area contributed by atoms with Crippen molar-refractivity contribution in [2.45, 2.75) is 55.3 Å². The van der Waals surface area contributed by atoms with Crippen LogP contribution in [0.5, 0.6) is 11.5 Å². The molecule has 11 heteroatoms. The molecule has 3 heterocycles. The number of ketones is 1. The van der Waals surface area contributed by atoms with Gasteiger partial charge in [-0.1, -0.05) is 60.7 Å². The number of halogens is 1. The Labute approximate surface area is 262 Å². The van der Waals surface area contributed by atoms with Crippen LogP contribution in [0.3, 0.4) is 0 Å². The van der Waals surface area contributed by atoms with Crippen molar-refractivity contribution in [3.05, 3.63) is 100 Å². The van der Waals surface area contributed by atoms with Gasteiger partial charge < -0.3 is 14.6 Å². The molecule has 0 saturated carbocycles. The van der Waals surface area contributed by atoms with E-state index < -0.39 is 17.7 Å². The van der Waals surface area contributed by atoms with E-state index in [1.807, 2.05) is 13.0 Å². The van der Waals surface area contributed by atoms with Crippen molar-refractivity contribution in [2.75, 3.05) is 11.5 Å². The number of hydrogen-bond donors (Lipinski definition) is 1. The van der Waals surface area contributed by atoms with Crippen molar-refractivity contribution in [3.8, 4) is 11.5 Å². The van der Waals surface area contributed by atoms with E-state index in [-0.39, 0.29) is 28.4 Å². The van der Waals surface area contributed by atoms with Crippen LogP contribution in [0.25, 0.3) is 5.76 Å². The molecule has 8 nitrogen and oxygen atoms in total. The average molecular weight is 632 g/mol. The highest BCUT2D eigenvalue weighted by atomic mass is 32.2. The average Bonchev–Trinajstić information content (AvgIpc) is 3.71. The van der Waals surface area contributed by atoms with E-state index >= 15 is 0 Å². The number of unbranched alkanes of at least 4 members (excludes halogenated alkanes) is 1. The second kappa shape index (κ2) is 12.8. The number of anilines is 1. The summed E-state index contributed by atoms with van der Waals surface area (Å²) in [5, 5.41) is 20.4. The summed E-state index contributed by atoms with van der Waals surface area (Å²) in [5.41, 5.74) is 2.80. The summed E-state index contributed by atoms with van der Waals surface area (Å²) >= 11 is 2.56. The van der Waals surface area contributed by atoms with Crippen LogP contribution in [0.1, 0.15) is 55.0 Å². The quantitative estimate of drug-likeness (QED) is 0.0494. The summed E-state index contributed by atoms with van der Waals surface area (Å²) < 4.78 is 25.6. The third-order valence-corrected chi connectivity index (χ3v) is 9.56. The van der Waals surface area contributed by atoms with Crippen LogP contribution in [0.2, 0.25) is 0 Å². The zero-order valence-electron chi connectivity index (χ0n) is 24.2. The number of nitrogens with zero attached hydrogens (tertiary/aromatic N) is 3. The molecule has 3 aromatic carbocycles. The molecule has 0 unspecified atom stereocenters. The van der Waals surface area contributed by atoms with Gasteiger partial charge in [0.1, 0.15) is 29.2 Å². The summed E-state index contributed by atoms with van der Waals surface area (Å²) in [4.78, 5) is 28.6. The fourth-order valence-corrected chi connectivity index (χ4v) is 7.09. The Kier molecular flexibility index (Phi) is 8.67. The van der Waals surface area contributed by atoms with E-state index in [2.05, 4.69) is 17.1 Å². The number of aromatic nitrogens is 2. The number of carbonyl (C=O) groups is 2. The molecule has 0 radical (unpaired) electrons. The Morgan fingerprint density at radius 1 is 1.14 bits per heavy atom. The monoisotopic (exact) mass is 631 g/mol. The van der Waals surface area contributed by atoms with Crippen LogP contribution >= 0.6 is 23.1 Å². The number of ether oxygens (including phenoxy) is 2. The van der Waals surface area contributed by atoms with Crippen molar-refractivity contribution in [3.63, 3.8) is 0 Å². The second-order valence-corrected chi connectivity index (χ2v) is 12.8. The molecular weight excluding hydrogens is 602 g/mol. The molecule has 2 atom stereocenters. The van der Waals surface area contributed by atoms with E-state index in [0.29, 0.717) is 40.0 Å². The normalized spacial score (nSPS) is 18.8. The SMILES string of the molecule is CCCCOc1cccc([C@H]2C(=C(O)c3ccc4c(c3)C[C@H](C)O4)C(=O)C(=O)N2c2nnc(SCc3ccc(F)cc3)s2)c1. The van der Waals surface area contributed by atoms with Gasteiger partial charge in [-0.25, -0.2) is 4.39 Å². The number of hydrogen-bond acceptors (Lipinski definition) is 9. The third-order valence-electron chi connectivity index (χ3n) is 7.43. The fourth-order valence-electron chi connectivity index (χ4n) is 5.26. The molecule has 2 aliphatic heterocycles. The fraction of sp³-hybridized carbons (Fsp3) is 0.273. The van der Waals surface area contributed by atoms with E-state index in [1.165, 1.54) is 40.1 Å². The van der Waals surface area contributed by atoms with Gasteiger partial charge in [0, 0.05) is 17.7 Å². The third kappa shape index (κ3) is 6.07. The highest BCUT2D eigenvalue weighted by Crippen LogP contribution is 2.45.